The molecule has 0 aromatic carbocycles. The van der Waals surface area contributed by atoms with Crippen molar-refractivity contribution in [2.24, 2.45) is 0 Å². The van der Waals surface area contributed by atoms with E-state index in [-0.39, 0.29) is 0 Å². The zero-order chi connectivity index (χ0) is 10.7. The van der Waals surface area contributed by atoms with Gasteiger partial charge in [0.05, 0.1) is 0 Å². The minimum absolute atomic E-state index is 0.600. The third-order valence-corrected chi connectivity index (χ3v) is 3.13. The average molecular weight is 391 g/mol. The number of H-pyrrole nitrogens is 1. The second-order valence-corrected chi connectivity index (χ2v) is 5.26. The number of nitrogens with one attached hydrogen (secondary N) is 2. The van der Waals surface area contributed by atoms with E-state index < -0.39 is 0 Å². The number of aromatic nitrogens is 2. The molecule has 5 heteroatoms. The third-order valence-electron chi connectivity index (χ3n) is 2.15. The molecular weight excluding hydrogens is 379 g/mol. The molecule has 0 atom stereocenters. The van der Waals surface area contributed by atoms with Crippen LogP contribution in [0.5, 0.6) is 0 Å². The molecule has 2 aromatic heterocycles. The monoisotopic (exact) mass is 392 g/mol. The standard InChI is InChI=1S/C10H12N3O.Hg/c1-11-8-3-7-4-9(6-14-2)13-10(7)12-5-8;/h3-5,11H,1,6H2,2H3,(H,12,13);. The summed E-state index contributed by atoms with van der Waals surface area (Å²) in [6, 6.07) is 4.19. The second kappa shape index (κ2) is 4.94. The van der Waals surface area contributed by atoms with E-state index in [1.54, 1.807) is 7.11 Å². The molecule has 0 aliphatic heterocycles. The van der Waals surface area contributed by atoms with Gasteiger partial charge in [-0.15, -0.1) is 0 Å². The number of fused-ring (bicyclic) bond motifs is 1. The molecule has 75 valence electrons. The Bertz CT molecular complexity index is 451. The first kappa shape index (κ1) is 10.9. The topological polar surface area (TPSA) is 49.9 Å². The maximum atomic E-state index is 5.07. The van der Waals surface area contributed by atoms with Crippen LogP contribution in [0.1, 0.15) is 5.69 Å². The van der Waals surface area contributed by atoms with E-state index >= 15 is 0 Å². The molecule has 0 fully saturated rings. The first-order valence-electron chi connectivity index (χ1n) is 4.83. The maximum absolute atomic E-state index is 5.07. The summed E-state index contributed by atoms with van der Waals surface area (Å²) >= 11 is 0.775. The molecule has 4 nitrogen and oxygen atoms in total. The summed E-state index contributed by atoms with van der Waals surface area (Å²) in [6.07, 6.45) is 1.86. The van der Waals surface area contributed by atoms with Crippen molar-refractivity contribution < 1.29 is 30.9 Å². The Morgan fingerprint density at radius 3 is 3.13 bits per heavy atom. The summed E-state index contributed by atoms with van der Waals surface area (Å²) < 4.78 is 6.17. The summed E-state index contributed by atoms with van der Waals surface area (Å²) in [4.78, 5) is 7.56. The van der Waals surface area contributed by atoms with Crippen LogP contribution < -0.4 is 5.32 Å². The molecule has 15 heavy (non-hydrogen) atoms. The molecule has 0 saturated heterocycles. The van der Waals surface area contributed by atoms with Gasteiger partial charge in [0.25, 0.3) is 0 Å². The number of ether oxygens (including phenoxy) is 1. The van der Waals surface area contributed by atoms with Crippen LogP contribution in [0.15, 0.2) is 18.3 Å². The minimum atomic E-state index is 0.600. The predicted molar refractivity (Wildman–Crippen MR) is 55.3 cm³/mol. The summed E-state index contributed by atoms with van der Waals surface area (Å²) in [7, 11) is 1.69. The van der Waals surface area contributed by atoms with Crippen LogP contribution in [0.25, 0.3) is 11.0 Å². The van der Waals surface area contributed by atoms with Crippen LogP contribution in [0, 0.1) is 0 Å². The van der Waals surface area contributed by atoms with Crippen molar-refractivity contribution in [3.63, 3.8) is 0 Å². The van der Waals surface area contributed by atoms with Gasteiger partial charge in [-0.05, 0) is 0 Å². The Morgan fingerprint density at radius 1 is 1.53 bits per heavy atom. The van der Waals surface area contributed by atoms with Gasteiger partial charge in [0, 0.05) is 0 Å². The van der Waals surface area contributed by atoms with Crippen LogP contribution in [-0.4, -0.2) is 21.1 Å². The van der Waals surface area contributed by atoms with Crippen molar-refractivity contribution in [1.82, 2.24) is 9.97 Å². The molecule has 0 unspecified atom stereocenters. The summed E-state index contributed by atoms with van der Waals surface area (Å²) in [6.45, 7) is 0.600. The Kier molecular flexibility index (Phi) is 3.59. The van der Waals surface area contributed by atoms with Crippen molar-refractivity contribution in [2.75, 3.05) is 16.5 Å². The fraction of sp³-hybridized carbons (Fsp3) is 0.300. The van der Waals surface area contributed by atoms with Crippen LogP contribution >= 0.6 is 0 Å². The Morgan fingerprint density at radius 2 is 2.40 bits per heavy atom. The number of methoxy groups -OCH3 is 1. The second-order valence-electron chi connectivity index (χ2n) is 3.32. The fourth-order valence-corrected chi connectivity index (χ4v) is 2.67. The van der Waals surface area contributed by atoms with E-state index in [4.69, 9.17) is 4.74 Å². The van der Waals surface area contributed by atoms with E-state index in [1.165, 1.54) is 0 Å². The van der Waals surface area contributed by atoms with Crippen molar-refractivity contribution >= 4 is 16.7 Å². The molecule has 2 heterocycles. The number of anilines is 1. The van der Waals surface area contributed by atoms with Gasteiger partial charge >= 0.3 is 105 Å². The van der Waals surface area contributed by atoms with Crippen molar-refractivity contribution in [3.05, 3.63) is 24.0 Å². The quantitative estimate of drug-likeness (QED) is 0.780. The molecule has 2 rings (SSSR count). The molecule has 2 aromatic rings. The SMILES string of the molecule is COCc1cc2cc(N[CH2][Hg])cnc2[nH]1. The molecule has 2 N–H and O–H groups in total. The summed E-state index contributed by atoms with van der Waals surface area (Å²) in [5.41, 5.74) is 3.08. The van der Waals surface area contributed by atoms with Gasteiger partial charge in [0.1, 0.15) is 0 Å². The van der Waals surface area contributed by atoms with Gasteiger partial charge in [0.2, 0.25) is 0 Å². The fourth-order valence-electron chi connectivity index (χ4n) is 1.55. The normalized spacial score (nSPS) is 10.9. The number of rotatable bonds is 4. The average Bonchev–Trinajstić information content (AvgIpc) is 2.60. The Hall–Kier alpha value is -0.615. The third kappa shape index (κ3) is 2.49. The van der Waals surface area contributed by atoms with E-state index in [0.717, 1.165) is 52.6 Å². The van der Waals surface area contributed by atoms with Crippen LogP contribution in [0.3, 0.4) is 0 Å². The molecule has 0 bridgehead atoms. The Labute approximate surface area is 104 Å². The van der Waals surface area contributed by atoms with E-state index in [9.17, 15) is 0 Å². The molecular formula is C10H12HgN3O. The molecule has 0 aliphatic carbocycles. The van der Waals surface area contributed by atoms with Crippen molar-refractivity contribution in [2.45, 2.75) is 6.61 Å². The number of nitrogens with zero attached hydrogens (tertiary/aromatic N) is 1. The Balaban J connectivity index is 2.34. The number of hydrogen-bond acceptors (Lipinski definition) is 3. The predicted octanol–water partition coefficient (Wildman–Crippen LogP) is 1.63. The van der Waals surface area contributed by atoms with Gasteiger partial charge < -0.3 is 0 Å². The van der Waals surface area contributed by atoms with Gasteiger partial charge in [-0.3, -0.25) is 0 Å². The van der Waals surface area contributed by atoms with Gasteiger partial charge in [-0.25, -0.2) is 0 Å². The van der Waals surface area contributed by atoms with Crippen molar-refractivity contribution in [1.29, 1.82) is 0 Å². The first-order valence-corrected chi connectivity index (χ1v) is 8.72. The summed E-state index contributed by atoms with van der Waals surface area (Å²) in [5.74, 6) is 0. The van der Waals surface area contributed by atoms with Crippen LogP contribution in [-0.2, 0) is 37.5 Å². The van der Waals surface area contributed by atoms with Gasteiger partial charge in [0.15, 0.2) is 0 Å². The summed E-state index contributed by atoms with van der Waals surface area (Å²) in [5, 5.41) is 4.45. The number of hydrogen-bond donors (Lipinski definition) is 2. The van der Waals surface area contributed by atoms with Gasteiger partial charge in [-0.2, -0.15) is 0 Å². The molecule has 0 saturated carbocycles. The molecule has 0 amide bonds. The van der Waals surface area contributed by atoms with E-state index in [2.05, 4.69) is 27.4 Å². The van der Waals surface area contributed by atoms with E-state index in [1.807, 2.05) is 6.20 Å². The molecule has 0 radical (unpaired) electrons. The number of pyridine rings is 1. The van der Waals surface area contributed by atoms with Crippen LogP contribution in [0.4, 0.5) is 5.69 Å². The molecule has 0 aliphatic rings. The molecule has 0 spiro atoms. The number of aromatic amines is 1. The van der Waals surface area contributed by atoms with Crippen molar-refractivity contribution in [3.8, 4) is 0 Å². The van der Waals surface area contributed by atoms with Crippen LogP contribution in [0.2, 0.25) is 0 Å². The zero-order valence-electron chi connectivity index (χ0n) is 8.71. The first-order chi connectivity index (χ1) is 7.33. The van der Waals surface area contributed by atoms with E-state index in [0.29, 0.717) is 6.61 Å². The zero-order valence-corrected chi connectivity index (χ0v) is 14.2. The van der Waals surface area contributed by atoms with Gasteiger partial charge in [-0.1, -0.05) is 0 Å².